The standard InChI is InChI=1S/C8H9BrClN3S/c1-5(9)4-11-7-3-6(10)12-8(13-7)14-2/h3H,1,4H2,2H3,(H,11,12,13). The Labute approximate surface area is 100 Å². The van der Waals surface area contributed by atoms with Crippen molar-refractivity contribution in [3.05, 3.63) is 22.3 Å². The van der Waals surface area contributed by atoms with E-state index in [-0.39, 0.29) is 0 Å². The molecule has 1 rings (SSSR count). The number of nitrogens with one attached hydrogen (secondary N) is 1. The minimum absolute atomic E-state index is 0.437. The van der Waals surface area contributed by atoms with Crippen LogP contribution in [-0.4, -0.2) is 22.8 Å². The Morgan fingerprint density at radius 2 is 2.43 bits per heavy atom. The SMILES string of the molecule is C=C(Br)CNc1cc(Cl)nc(SC)n1. The van der Waals surface area contributed by atoms with E-state index in [9.17, 15) is 0 Å². The van der Waals surface area contributed by atoms with E-state index in [4.69, 9.17) is 11.6 Å². The van der Waals surface area contributed by atoms with Gasteiger partial charge in [0.1, 0.15) is 11.0 Å². The summed E-state index contributed by atoms with van der Waals surface area (Å²) < 4.78 is 0.859. The van der Waals surface area contributed by atoms with Gasteiger partial charge in [-0.05, 0) is 6.26 Å². The molecule has 0 spiro atoms. The van der Waals surface area contributed by atoms with Crippen LogP contribution in [0.15, 0.2) is 22.3 Å². The third-order valence-electron chi connectivity index (χ3n) is 1.32. The number of hydrogen-bond acceptors (Lipinski definition) is 4. The highest BCUT2D eigenvalue weighted by molar-refractivity contribution is 9.11. The third kappa shape index (κ3) is 3.86. The molecule has 0 fully saturated rings. The van der Waals surface area contributed by atoms with E-state index >= 15 is 0 Å². The number of anilines is 1. The van der Waals surface area contributed by atoms with Crippen molar-refractivity contribution in [3.63, 3.8) is 0 Å². The number of rotatable bonds is 4. The molecular weight excluding hydrogens is 286 g/mol. The monoisotopic (exact) mass is 293 g/mol. The summed E-state index contributed by atoms with van der Waals surface area (Å²) in [4.78, 5) is 8.24. The van der Waals surface area contributed by atoms with Crippen molar-refractivity contribution in [2.75, 3.05) is 18.1 Å². The average molecular weight is 295 g/mol. The number of halogens is 2. The first-order valence-electron chi connectivity index (χ1n) is 3.77. The van der Waals surface area contributed by atoms with Gasteiger partial charge in [-0.25, -0.2) is 9.97 Å². The second-order valence-corrected chi connectivity index (χ2v) is 4.72. The molecule has 1 aromatic rings. The minimum atomic E-state index is 0.437. The van der Waals surface area contributed by atoms with Crippen molar-refractivity contribution in [1.82, 2.24) is 9.97 Å². The molecule has 0 amide bonds. The molecule has 0 saturated carbocycles. The molecule has 0 atom stereocenters. The predicted octanol–water partition coefficient (Wildman–Crippen LogP) is 3.17. The zero-order valence-corrected chi connectivity index (χ0v) is 10.7. The van der Waals surface area contributed by atoms with Gasteiger partial charge < -0.3 is 5.32 Å². The topological polar surface area (TPSA) is 37.8 Å². The van der Waals surface area contributed by atoms with E-state index in [1.165, 1.54) is 11.8 Å². The fraction of sp³-hybridized carbons (Fsp3) is 0.250. The van der Waals surface area contributed by atoms with E-state index in [2.05, 4.69) is 37.8 Å². The average Bonchev–Trinajstić information content (AvgIpc) is 2.14. The van der Waals surface area contributed by atoms with Crippen LogP contribution >= 0.6 is 39.3 Å². The van der Waals surface area contributed by atoms with Gasteiger partial charge in [-0.1, -0.05) is 45.9 Å². The summed E-state index contributed by atoms with van der Waals surface area (Å²) in [6, 6.07) is 1.68. The first kappa shape index (κ1) is 11.8. The molecule has 3 nitrogen and oxygen atoms in total. The largest absolute Gasteiger partial charge is 0.365 e. The lowest BCUT2D eigenvalue weighted by atomic mass is 10.5. The van der Waals surface area contributed by atoms with Crippen LogP contribution in [0.5, 0.6) is 0 Å². The second kappa shape index (κ2) is 5.58. The highest BCUT2D eigenvalue weighted by atomic mass is 79.9. The predicted molar refractivity (Wildman–Crippen MR) is 65.4 cm³/mol. The Bertz CT molecular complexity index is 345. The maximum Gasteiger partial charge on any atom is 0.190 e. The number of hydrogen-bond donors (Lipinski definition) is 1. The molecule has 0 radical (unpaired) electrons. The van der Waals surface area contributed by atoms with E-state index in [0.717, 1.165) is 4.48 Å². The van der Waals surface area contributed by atoms with Gasteiger partial charge in [0.15, 0.2) is 5.16 Å². The van der Waals surface area contributed by atoms with Crippen molar-refractivity contribution in [3.8, 4) is 0 Å². The molecule has 1 heterocycles. The summed E-state index contributed by atoms with van der Waals surface area (Å²) in [6.07, 6.45) is 1.90. The summed E-state index contributed by atoms with van der Waals surface area (Å²) in [6.45, 7) is 4.32. The fourth-order valence-electron chi connectivity index (χ4n) is 0.765. The molecule has 0 bridgehead atoms. The van der Waals surface area contributed by atoms with Crippen molar-refractivity contribution >= 4 is 45.1 Å². The van der Waals surface area contributed by atoms with Crippen LogP contribution < -0.4 is 5.32 Å². The number of aromatic nitrogens is 2. The minimum Gasteiger partial charge on any atom is -0.365 e. The molecule has 1 aromatic heterocycles. The van der Waals surface area contributed by atoms with Crippen LogP contribution in [0.4, 0.5) is 5.82 Å². The van der Waals surface area contributed by atoms with Crippen LogP contribution in [-0.2, 0) is 0 Å². The Hall–Kier alpha value is -0.260. The normalized spacial score (nSPS) is 9.93. The molecule has 0 unspecified atom stereocenters. The van der Waals surface area contributed by atoms with E-state index in [1.807, 2.05) is 6.26 Å². The summed E-state index contributed by atoms with van der Waals surface area (Å²) in [5.74, 6) is 0.704. The van der Waals surface area contributed by atoms with Gasteiger partial charge in [0.25, 0.3) is 0 Å². The molecule has 14 heavy (non-hydrogen) atoms. The van der Waals surface area contributed by atoms with Gasteiger partial charge in [0.2, 0.25) is 0 Å². The molecule has 0 aliphatic heterocycles. The molecule has 0 aromatic carbocycles. The molecule has 0 saturated heterocycles. The van der Waals surface area contributed by atoms with Crippen molar-refractivity contribution in [2.24, 2.45) is 0 Å². The molecular formula is C8H9BrClN3S. The van der Waals surface area contributed by atoms with Crippen LogP contribution in [0.3, 0.4) is 0 Å². The smallest absolute Gasteiger partial charge is 0.190 e. The van der Waals surface area contributed by atoms with E-state index in [0.29, 0.717) is 22.7 Å². The van der Waals surface area contributed by atoms with Gasteiger partial charge in [0, 0.05) is 17.1 Å². The Kier molecular flexibility index (Phi) is 4.71. The maximum atomic E-state index is 5.81. The van der Waals surface area contributed by atoms with Gasteiger partial charge >= 0.3 is 0 Å². The molecule has 0 aliphatic rings. The van der Waals surface area contributed by atoms with Gasteiger partial charge in [-0.2, -0.15) is 0 Å². The van der Waals surface area contributed by atoms with Crippen molar-refractivity contribution in [2.45, 2.75) is 5.16 Å². The van der Waals surface area contributed by atoms with Gasteiger partial charge in [-0.3, -0.25) is 0 Å². The Balaban J connectivity index is 2.76. The third-order valence-corrected chi connectivity index (χ3v) is 2.34. The lowest BCUT2D eigenvalue weighted by molar-refractivity contribution is 0.967. The maximum absolute atomic E-state index is 5.81. The fourth-order valence-corrected chi connectivity index (χ4v) is 1.52. The Morgan fingerprint density at radius 3 is 3.00 bits per heavy atom. The lowest BCUT2D eigenvalue weighted by Crippen LogP contribution is -2.03. The van der Waals surface area contributed by atoms with Gasteiger partial charge in [-0.15, -0.1) is 0 Å². The lowest BCUT2D eigenvalue weighted by Gasteiger charge is -2.05. The molecule has 76 valence electrons. The zero-order chi connectivity index (χ0) is 10.6. The van der Waals surface area contributed by atoms with E-state index in [1.54, 1.807) is 6.07 Å². The van der Waals surface area contributed by atoms with Crippen molar-refractivity contribution < 1.29 is 0 Å². The summed E-state index contributed by atoms with van der Waals surface area (Å²) in [7, 11) is 0. The second-order valence-electron chi connectivity index (χ2n) is 2.43. The van der Waals surface area contributed by atoms with Crippen molar-refractivity contribution in [1.29, 1.82) is 0 Å². The summed E-state index contributed by atoms with van der Waals surface area (Å²) in [5.41, 5.74) is 0. The molecule has 1 N–H and O–H groups in total. The highest BCUT2D eigenvalue weighted by Crippen LogP contribution is 2.17. The first-order chi connectivity index (χ1) is 6.61. The van der Waals surface area contributed by atoms with Crippen LogP contribution in [0.1, 0.15) is 0 Å². The van der Waals surface area contributed by atoms with Crippen LogP contribution in [0, 0.1) is 0 Å². The van der Waals surface area contributed by atoms with Gasteiger partial charge in [0.05, 0.1) is 0 Å². The quantitative estimate of drug-likeness (QED) is 0.526. The number of thioether (sulfide) groups is 1. The first-order valence-corrected chi connectivity index (χ1v) is 6.17. The Morgan fingerprint density at radius 1 is 1.71 bits per heavy atom. The zero-order valence-electron chi connectivity index (χ0n) is 7.55. The summed E-state index contributed by atoms with van der Waals surface area (Å²) in [5, 5.41) is 4.15. The highest BCUT2D eigenvalue weighted by Gasteiger charge is 2.01. The molecule has 0 aliphatic carbocycles. The summed E-state index contributed by atoms with van der Waals surface area (Å²) >= 11 is 10.5. The van der Waals surface area contributed by atoms with E-state index < -0.39 is 0 Å². The molecule has 6 heteroatoms. The number of nitrogens with zero attached hydrogens (tertiary/aromatic N) is 2. The van der Waals surface area contributed by atoms with Crippen LogP contribution in [0.2, 0.25) is 5.15 Å². The van der Waals surface area contributed by atoms with Crippen LogP contribution in [0.25, 0.3) is 0 Å².